The second-order valence-corrected chi connectivity index (χ2v) is 11.9. The van der Waals surface area contributed by atoms with Gasteiger partial charge in [0.25, 0.3) is 0 Å². The summed E-state index contributed by atoms with van der Waals surface area (Å²) in [6, 6.07) is 0.318. The molecule has 0 saturated carbocycles. The first-order valence-electron chi connectivity index (χ1n) is 16.1. The predicted octanol–water partition coefficient (Wildman–Crippen LogP) is 1.22. The van der Waals surface area contributed by atoms with Gasteiger partial charge in [0, 0.05) is 45.6 Å². The van der Waals surface area contributed by atoms with E-state index >= 15 is 0 Å². The largest absolute Gasteiger partial charge is 0.382 e. The number of ether oxygens (including phenoxy) is 6. The number of likely N-dealkylation sites (tertiary alicyclic amines) is 2. The Balaban J connectivity index is 0.000000440. The molecule has 0 aliphatic carbocycles. The third-order valence-electron chi connectivity index (χ3n) is 7.23. The molecule has 2 fully saturated rings. The Bertz CT molecular complexity index is 779. The second-order valence-electron chi connectivity index (χ2n) is 11.9. The molecule has 2 saturated heterocycles. The number of primary amides is 1. The molecule has 2 heterocycles. The summed E-state index contributed by atoms with van der Waals surface area (Å²) >= 11 is 0. The van der Waals surface area contributed by atoms with E-state index in [-0.39, 0.29) is 29.7 Å². The van der Waals surface area contributed by atoms with Gasteiger partial charge in [-0.3, -0.25) is 14.4 Å². The van der Waals surface area contributed by atoms with Gasteiger partial charge in [-0.25, -0.2) is 0 Å². The minimum absolute atomic E-state index is 0.0662. The van der Waals surface area contributed by atoms with Crippen molar-refractivity contribution in [1.29, 1.82) is 0 Å². The SMILES string of the molecule is CC(C)CCC(=O)N1CC2(CCCN2C(=O)CNC(C)C)C1.COCCOCCOCCOCCOCCOCCC(N)=O. The normalized spacial score (nSPS) is 15.5. The number of methoxy groups -OCH3 is 1. The maximum absolute atomic E-state index is 12.4. The number of nitrogens with zero attached hydrogens (tertiary/aromatic N) is 2. The Kier molecular flexibility index (Phi) is 22.2. The van der Waals surface area contributed by atoms with Crippen LogP contribution in [0.15, 0.2) is 0 Å². The monoisotopic (exact) mass is 632 g/mol. The average Bonchev–Trinajstić information content (AvgIpc) is 3.41. The summed E-state index contributed by atoms with van der Waals surface area (Å²) in [5.41, 5.74) is 4.90. The molecule has 2 rings (SSSR count). The topological polar surface area (TPSA) is 151 Å². The molecule has 0 radical (unpaired) electrons. The van der Waals surface area contributed by atoms with Crippen LogP contribution in [0.25, 0.3) is 0 Å². The number of rotatable bonds is 24. The lowest BCUT2D eigenvalue weighted by Crippen LogP contribution is -2.70. The van der Waals surface area contributed by atoms with Crippen LogP contribution >= 0.6 is 0 Å². The van der Waals surface area contributed by atoms with E-state index in [2.05, 4.69) is 19.2 Å². The number of hydrogen-bond acceptors (Lipinski definition) is 10. The van der Waals surface area contributed by atoms with Crippen molar-refractivity contribution in [3.05, 3.63) is 0 Å². The molecule has 0 bridgehead atoms. The van der Waals surface area contributed by atoms with Gasteiger partial charge in [0.1, 0.15) is 0 Å². The van der Waals surface area contributed by atoms with E-state index in [0.29, 0.717) is 97.6 Å². The highest BCUT2D eigenvalue weighted by atomic mass is 16.6. The van der Waals surface area contributed by atoms with Gasteiger partial charge in [-0.15, -0.1) is 0 Å². The zero-order valence-electron chi connectivity index (χ0n) is 27.9. The van der Waals surface area contributed by atoms with Crippen LogP contribution in [-0.4, -0.2) is 145 Å². The van der Waals surface area contributed by atoms with Crippen molar-refractivity contribution in [1.82, 2.24) is 15.1 Å². The van der Waals surface area contributed by atoms with Crippen LogP contribution in [0.1, 0.15) is 59.8 Å². The van der Waals surface area contributed by atoms with Crippen molar-refractivity contribution in [3.8, 4) is 0 Å². The van der Waals surface area contributed by atoms with Gasteiger partial charge >= 0.3 is 0 Å². The van der Waals surface area contributed by atoms with Gasteiger partial charge < -0.3 is 49.3 Å². The van der Waals surface area contributed by atoms with Crippen molar-refractivity contribution in [2.24, 2.45) is 11.7 Å². The number of carbonyl (C=O) groups excluding carboxylic acids is 3. The van der Waals surface area contributed by atoms with E-state index in [1.165, 1.54) is 0 Å². The fraction of sp³-hybridized carbons (Fsp3) is 0.903. The molecule has 2 aliphatic heterocycles. The molecule has 13 nitrogen and oxygen atoms in total. The molecule has 1 spiro atoms. The van der Waals surface area contributed by atoms with Crippen LogP contribution in [-0.2, 0) is 42.8 Å². The van der Waals surface area contributed by atoms with Gasteiger partial charge in [-0.2, -0.15) is 0 Å². The summed E-state index contributed by atoms with van der Waals surface area (Å²) in [4.78, 5) is 39.0. The van der Waals surface area contributed by atoms with E-state index < -0.39 is 0 Å². The molecule has 3 amide bonds. The third-order valence-corrected chi connectivity index (χ3v) is 7.23. The molecular formula is C31H60N4O9. The first kappa shape index (κ1) is 40.2. The smallest absolute Gasteiger partial charge is 0.237 e. The van der Waals surface area contributed by atoms with Crippen molar-refractivity contribution in [2.45, 2.75) is 71.4 Å². The van der Waals surface area contributed by atoms with E-state index in [1.807, 2.05) is 23.6 Å². The van der Waals surface area contributed by atoms with Crippen LogP contribution in [0.2, 0.25) is 0 Å². The van der Waals surface area contributed by atoms with Crippen molar-refractivity contribution in [3.63, 3.8) is 0 Å². The summed E-state index contributed by atoms with van der Waals surface area (Å²) in [6.45, 7) is 16.7. The number of amides is 3. The van der Waals surface area contributed by atoms with Crippen molar-refractivity contribution < 1.29 is 42.8 Å². The van der Waals surface area contributed by atoms with Crippen LogP contribution < -0.4 is 11.1 Å². The highest BCUT2D eigenvalue weighted by Gasteiger charge is 2.53. The van der Waals surface area contributed by atoms with Gasteiger partial charge in [0.15, 0.2) is 0 Å². The van der Waals surface area contributed by atoms with Crippen LogP contribution in [0, 0.1) is 5.92 Å². The van der Waals surface area contributed by atoms with E-state index in [9.17, 15) is 14.4 Å². The first-order valence-corrected chi connectivity index (χ1v) is 16.1. The Labute approximate surface area is 264 Å². The summed E-state index contributed by atoms with van der Waals surface area (Å²) in [6.07, 6.45) is 3.91. The van der Waals surface area contributed by atoms with Gasteiger partial charge in [-0.1, -0.05) is 27.7 Å². The molecule has 3 N–H and O–H groups in total. The fourth-order valence-corrected chi connectivity index (χ4v) is 4.75. The highest BCUT2D eigenvalue weighted by Crippen LogP contribution is 2.38. The number of carbonyl (C=O) groups is 3. The first-order chi connectivity index (χ1) is 21.1. The fourth-order valence-electron chi connectivity index (χ4n) is 4.75. The minimum atomic E-state index is -0.363. The molecular weight excluding hydrogens is 572 g/mol. The minimum Gasteiger partial charge on any atom is -0.382 e. The lowest BCUT2D eigenvalue weighted by atomic mass is 9.86. The van der Waals surface area contributed by atoms with Gasteiger partial charge in [0.05, 0.1) is 84.8 Å². The van der Waals surface area contributed by atoms with E-state index in [0.717, 1.165) is 38.9 Å². The van der Waals surface area contributed by atoms with E-state index in [4.69, 9.17) is 34.2 Å². The second kappa shape index (κ2) is 24.4. The maximum atomic E-state index is 12.4. The summed E-state index contributed by atoms with van der Waals surface area (Å²) in [7, 11) is 1.64. The van der Waals surface area contributed by atoms with Gasteiger partial charge in [0.2, 0.25) is 17.7 Å². The average molecular weight is 633 g/mol. The zero-order chi connectivity index (χ0) is 32.6. The zero-order valence-corrected chi connectivity index (χ0v) is 27.9. The Morgan fingerprint density at radius 3 is 1.70 bits per heavy atom. The summed E-state index contributed by atoms with van der Waals surface area (Å²) in [5.74, 6) is 0.628. The molecule has 0 unspecified atom stereocenters. The molecule has 0 aromatic rings. The van der Waals surface area contributed by atoms with Gasteiger partial charge in [-0.05, 0) is 25.2 Å². The molecule has 258 valence electrons. The lowest BCUT2D eigenvalue weighted by molar-refractivity contribution is -0.153. The number of nitrogens with one attached hydrogen (secondary N) is 1. The quantitative estimate of drug-likeness (QED) is 0.149. The molecule has 44 heavy (non-hydrogen) atoms. The molecule has 0 aromatic carbocycles. The van der Waals surface area contributed by atoms with Crippen molar-refractivity contribution >= 4 is 17.7 Å². The van der Waals surface area contributed by atoms with E-state index in [1.54, 1.807) is 7.11 Å². The Hall–Kier alpha value is -1.87. The number of nitrogens with two attached hydrogens (primary N) is 1. The van der Waals surface area contributed by atoms with Crippen LogP contribution in [0.5, 0.6) is 0 Å². The Morgan fingerprint density at radius 2 is 1.25 bits per heavy atom. The standard InChI is InChI=1S/C17H31N3O2.C14H29NO7/c1-13(2)6-7-15(21)19-11-17(12-19)8-5-9-20(17)16(22)10-18-14(3)4;1-17-4-5-19-8-9-21-12-13-22-11-10-20-7-6-18-3-2-14(15)16/h13-14,18H,5-12H2,1-4H3;2-13H2,1H3,(H2,15,16). The summed E-state index contributed by atoms with van der Waals surface area (Å²) < 4.78 is 31.2. The third kappa shape index (κ3) is 18.2. The van der Waals surface area contributed by atoms with Crippen LogP contribution in [0.3, 0.4) is 0 Å². The summed E-state index contributed by atoms with van der Waals surface area (Å²) in [5, 5.41) is 3.20. The predicted molar refractivity (Wildman–Crippen MR) is 167 cm³/mol. The molecule has 0 atom stereocenters. The highest BCUT2D eigenvalue weighted by molar-refractivity contribution is 5.81. The molecule has 13 heteroatoms. The molecule has 0 aromatic heterocycles. The van der Waals surface area contributed by atoms with Crippen molar-refractivity contribution in [2.75, 3.05) is 106 Å². The molecule has 2 aliphatic rings. The van der Waals surface area contributed by atoms with Crippen LogP contribution in [0.4, 0.5) is 0 Å². The number of hydrogen-bond donors (Lipinski definition) is 2. The lowest BCUT2D eigenvalue weighted by Gasteiger charge is -2.52. The Morgan fingerprint density at radius 1 is 0.750 bits per heavy atom. The maximum Gasteiger partial charge on any atom is 0.237 e.